The molecule has 33 heavy (non-hydrogen) atoms. The van der Waals surface area contributed by atoms with Crippen molar-refractivity contribution in [2.45, 2.75) is 76.7 Å². The molecule has 1 fully saturated rings. The van der Waals surface area contributed by atoms with Crippen LogP contribution in [0, 0.1) is 5.92 Å². The number of carbonyl (C=O) groups excluding carboxylic acids is 3. The Balaban J connectivity index is 2.09. The highest BCUT2D eigenvalue weighted by Crippen LogP contribution is 2.19. The number of carbonyl (C=O) groups is 4. The second-order valence-electron chi connectivity index (χ2n) is 8.83. The van der Waals surface area contributed by atoms with Gasteiger partial charge in [-0.05, 0) is 32.1 Å². The second kappa shape index (κ2) is 11.8. The van der Waals surface area contributed by atoms with E-state index >= 15 is 0 Å². The molecule has 184 valence electrons. The number of hydrogen-bond acceptors (Lipinski definition) is 7. The normalized spacial score (nSPS) is 19.6. The lowest BCUT2D eigenvalue weighted by Crippen LogP contribution is -2.60. The Hall–Kier alpha value is -2.99. The van der Waals surface area contributed by atoms with Crippen LogP contribution in [0.5, 0.6) is 0 Å². The number of H-pyrrole nitrogens is 1. The summed E-state index contributed by atoms with van der Waals surface area (Å²) < 4.78 is 0. The number of carboxylic acids is 1. The van der Waals surface area contributed by atoms with E-state index in [0.29, 0.717) is 18.5 Å². The Morgan fingerprint density at radius 2 is 1.94 bits per heavy atom. The van der Waals surface area contributed by atoms with Gasteiger partial charge in [-0.25, -0.2) is 9.78 Å². The molecule has 0 bridgehead atoms. The Morgan fingerprint density at radius 3 is 2.48 bits per heavy atom. The van der Waals surface area contributed by atoms with Crippen molar-refractivity contribution in [2.75, 3.05) is 6.54 Å². The molecule has 0 spiro atoms. The molecule has 7 N–H and O–H groups in total. The number of nitrogens with zero attached hydrogens (tertiary/aromatic N) is 2. The Bertz CT molecular complexity index is 827. The Labute approximate surface area is 192 Å². The van der Waals surface area contributed by atoms with Crippen LogP contribution in [0.1, 0.15) is 45.7 Å². The lowest BCUT2D eigenvalue weighted by atomic mass is 10.0. The summed E-state index contributed by atoms with van der Waals surface area (Å²) in [4.78, 5) is 57.9. The molecule has 0 aromatic carbocycles. The number of aromatic nitrogens is 2. The maximum absolute atomic E-state index is 13.0. The van der Waals surface area contributed by atoms with Gasteiger partial charge in [-0.1, -0.05) is 13.8 Å². The molecule has 12 nitrogen and oxygen atoms in total. The number of aromatic amines is 1. The lowest BCUT2D eigenvalue weighted by molar-refractivity contribution is -0.150. The van der Waals surface area contributed by atoms with Gasteiger partial charge in [0.05, 0.1) is 18.5 Å². The second-order valence-corrected chi connectivity index (χ2v) is 8.83. The van der Waals surface area contributed by atoms with Crippen LogP contribution in [-0.4, -0.2) is 85.6 Å². The first-order valence-electron chi connectivity index (χ1n) is 11.1. The third-order valence-corrected chi connectivity index (χ3v) is 5.54. The topological polar surface area (TPSA) is 191 Å². The monoisotopic (exact) mass is 466 g/mol. The first-order chi connectivity index (χ1) is 15.5. The van der Waals surface area contributed by atoms with Gasteiger partial charge in [0.25, 0.3) is 0 Å². The number of amides is 3. The maximum atomic E-state index is 13.0. The van der Waals surface area contributed by atoms with Gasteiger partial charge in [0.1, 0.15) is 18.1 Å². The van der Waals surface area contributed by atoms with E-state index in [4.69, 9.17) is 5.73 Å². The van der Waals surface area contributed by atoms with Gasteiger partial charge < -0.3 is 36.5 Å². The minimum Gasteiger partial charge on any atom is -0.480 e. The Kier molecular flexibility index (Phi) is 9.35. The molecule has 1 aliphatic rings. The van der Waals surface area contributed by atoms with E-state index < -0.39 is 54.0 Å². The van der Waals surface area contributed by atoms with Gasteiger partial charge in [0.15, 0.2) is 0 Å². The minimum atomic E-state index is -1.34. The number of nitrogens with two attached hydrogens (primary N) is 1. The summed E-state index contributed by atoms with van der Waals surface area (Å²) in [7, 11) is 0. The summed E-state index contributed by atoms with van der Waals surface area (Å²) >= 11 is 0. The van der Waals surface area contributed by atoms with Crippen LogP contribution in [0.3, 0.4) is 0 Å². The zero-order chi connectivity index (χ0) is 24.7. The highest BCUT2D eigenvalue weighted by atomic mass is 16.4. The van der Waals surface area contributed by atoms with Crippen LogP contribution in [0.4, 0.5) is 0 Å². The zero-order valence-corrected chi connectivity index (χ0v) is 19.2. The van der Waals surface area contributed by atoms with E-state index in [1.807, 2.05) is 13.8 Å². The molecule has 1 aliphatic heterocycles. The fourth-order valence-electron chi connectivity index (χ4n) is 3.82. The summed E-state index contributed by atoms with van der Waals surface area (Å²) in [5.41, 5.74) is 6.63. The molecule has 1 saturated heterocycles. The van der Waals surface area contributed by atoms with Crippen molar-refractivity contribution in [3.05, 3.63) is 18.2 Å². The van der Waals surface area contributed by atoms with Crippen molar-refractivity contribution in [1.29, 1.82) is 0 Å². The van der Waals surface area contributed by atoms with Gasteiger partial charge in [-0.3, -0.25) is 14.4 Å². The van der Waals surface area contributed by atoms with Crippen molar-refractivity contribution in [3.8, 4) is 0 Å². The summed E-state index contributed by atoms with van der Waals surface area (Å²) in [6.45, 7) is 5.31. The van der Waals surface area contributed by atoms with Crippen LogP contribution in [0.15, 0.2) is 12.5 Å². The molecular formula is C21H34N6O6. The van der Waals surface area contributed by atoms with Crippen molar-refractivity contribution >= 4 is 23.7 Å². The summed E-state index contributed by atoms with van der Waals surface area (Å²) in [6, 6.07) is -4.26. The number of aliphatic hydroxyl groups excluding tert-OH is 1. The molecule has 0 saturated carbocycles. The predicted octanol–water partition coefficient (Wildman–Crippen LogP) is -1.25. The average Bonchev–Trinajstić information content (AvgIpc) is 3.42. The number of carboxylic acid groups (broad SMARTS) is 1. The van der Waals surface area contributed by atoms with Crippen LogP contribution < -0.4 is 16.4 Å². The molecule has 3 amide bonds. The van der Waals surface area contributed by atoms with E-state index in [2.05, 4.69) is 20.6 Å². The molecule has 2 rings (SSSR count). The number of rotatable bonds is 11. The van der Waals surface area contributed by atoms with E-state index in [1.54, 1.807) is 6.20 Å². The fraction of sp³-hybridized carbons (Fsp3) is 0.667. The molecule has 12 heteroatoms. The number of nitrogens with one attached hydrogen (secondary N) is 3. The SMILES string of the molecule is CC(C)C[C@H](NC(=O)[C@@H](N)Cc1cnc[nH]1)C(=O)N[C@H](C(=O)N1CCC[C@H]1C(=O)O)[C@@H](C)O. The van der Waals surface area contributed by atoms with Gasteiger partial charge in [-0.15, -0.1) is 0 Å². The van der Waals surface area contributed by atoms with Crippen molar-refractivity contribution in [2.24, 2.45) is 11.7 Å². The highest BCUT2D eigenvalue weighted by molar-refractivity contribution is 5.94. The van der Waals surface area contributed by atoms with Crippen LogP contribution >= 0.6 is 0 Å². The third kappa shape index (κ3) is 7.26. The number of imidazole rings is 1. The number of likely N-dealkylation sites (tertiary alicyclic amines) is 1. The smallest absolute Gasteiger partial charge is 0.326 e. The number of aliphatic carboxylic acids is 1. The maximum Gasteiger partial charge on any atom is 0.326 e. The van der Waals surface area contributed by atoms with Gasteiger partial charge >= 0.3 is 5.97 Å². The van der Waals surface area contributed by atoms with Crippen molar-refractivity contribution in [1.82, 2.24) is 25.5 Å². The minimum absolute atomic E-state index is 0.0283. The largest absolute Gasteiger partial charge is 0.480 e. The molecule has 1 aromatic rings. The lowest BCUT2D eigenvalue weighted by Gasteiger charge is -2.30. The van der Waals surface area contributed by atoms with E-state index in [9.17, 15) is 29.4 Å². The van der Waals surface area contributed by atoms with Gasteiger partial charge in [0, 0.05) is 24.9 Å². The number of aliphatic hydroxyl groups is 1. The summed E-state index contributed by atoms with van der Waals surface area (Å²) in [6.07, 6.45) is 3.04. The van der Waals surface area contributed by atoms with Crippen molar-refractivity contribution in [3.63, 3.8) is 0 Å². The molecule has 0 unspecified atom stereocenters. The zero-order valence-electron chi connectivity index (χ0n) is 19.2. The van der Waals surface area contributed by atoms with Crippen molar-refractivity contribution < 1.29 is 29.4 Å². The first-order valence-corrected chi connectivity index (χ1v) is 11.1. The standard InChI is InChI=1S/C21H34N6O6/c1-11(2)7-15(25-18(29)14(22)8-13-9-23-10-24-13)19(30)26-17(12(3)28)20(31)27-6-4-5-16(27)21(32)33/h9-12,14-17,28H,4-8,22H2,1-3H3,(H,23,24)(H,25,29)(H,26,30)(H,32,33)/t12-,14+,15+,16+,17+/m1/s1. The molecule has 0 radical (unpaired) electrons. The fourth-order valence-corrected chi connectivity index (χ4v) is 3.82. The molecule has 2 heterocycles. The summed E-state index contributed by atoms with van der Waals surface area (Å²) in [5, 5.41) is 24.7. The molecule has 1 aromatic heterocycles. The van der Waals surface area contributed by atoms with Crippen LogP contribution in [0.25, 0.3) is 0 Å². The number of hydrogen-bond donors (Lipinski definition) is 6. The van der Waals surface area contributed by atoms with E-state index in [-0.39, 0.29) is 25.3 Å². The van der Waals surface area contributed by atoms with E-state index in [1.165, 1.54) is 13.3 Å². The Morgan fingerprint density at radius 1 is 1.24 bits per heavy atom. The van der Waals surface area contributed by atoms with Gasteiger partial charge in [0.2, 0.25) is 17.7 Å². The average molecular weight is 467 g/mol. The third-order valence-electron chi connectivity index (χ3n) is 5.54. The van der Waals surface area contributed by atoms with E-state index in [0.717, 1.165) is 4.90 Å². The van der Waals surface area contributed by atoms with Crippen LogP contribution in [-0.2, 0) is 25.6 Å². The molecular weight excluding hydrogens is 432 g/mol. The molecule has 0 aliphatic carbocycles. The first kappa shape index (κ1) is 26.3. The molecule has 5 atom stereocenters. The summed E-state index contributed by atoms with van der Waals surface area (Å²) in [5.74, 6) is -2.98. The van der Waals surface area contributed by atoms with Gasteiger partial charge in [-0.2, -0.15) is 0 Å². The van der Waals surface area contributed by atoms with Crippen LogP contribution in [0.2, 0.25) is 0 Å². The predicted molar refractivity (Wildman–Crippen MR) is 118 cm³/mol. The highest BCUT2D eigenvalue weighted by Gasteiger charge is 2.40. The quantitative estimate of drug-likeness (QED) is 0.233.